The molecular formula is C11H10O2. The van der Waals surface area contributed by atoms with Gasteiger partial charge in [-0.1, -0.05) is 23.8 Å². The Hall–Kier alpha value is -1.41. The lowest BCUT2D eigenvalue weighted by molar-refractivity contribution is -0.105. The zero-order valence-corrected chi connectivity index (χ0v) is 7.32. The standard InChI is InChI=1S/C11H10O2/c1-7-2-3-10-8(4-7)5-9(6-12)11(10)13/h2-6,11,13H,1H3. The zero-order valence-electron chi connectivity index (χ0n) is 7.32. The minimum atomic E-state index is -0.729. The number of hydrogen-bond donors (Lipinski definition) is 1. The van der Waals surface area contributed by atoms with Gasteiger partial charge < -0.3 is 5.11 Å². The van der Waals surface area contributed by atoms with Gasteiger partial charge in [0.2, 0.25) is 0 Å². The number of aryl methyl sites for hydroxylation is 1. The highest BCUT2D eigenvalue weighted by atomic mass is 16.3. The van der Waals surface area contributed by atoms with Crippen molar-refractivity contribution < 1.29 is 9.90 Å². The molecule has 0 saturated carbocycles. The third kappa shape index (κ3) is 1.19. The topological polar surface area (TPSA) is 37.3 Å². The predicted octanol–water partition coefficient (Wildman–Crippen LogP) is 1.62. The Kier molecular flexibility index (Phi) is 1.78. The lowest BCUT2D eigenvalue weighted by Gasteiger charge is -2.05. The van der Waals surface area contributed by atoms with Crippen LogP contribution in [0.5, 0.6) is 0 Å². The highest BCUT2D eigenvalue weighted by molar-refractivity contribution is 5.87. The van der Waals surface area contributed by atoms with E-state index in [1.54, 1.807) is 6.08 Å². The van der Waals surface area contributed by atoms with Crippen LogP contribution < -0.4 is 0 Å². The molecular weight excluding hydrogens is 164 g/mol. The molecule has 1 aromatic rings. The Bertz CT molecular complexity index is 391. The van der Waals surface area contributed by atoms with Crippen LogP contribution in [0.4, 0.5) is 0 Å². The first-order valence-electron chi connectivity index (χ1n) is 4.18. The smallest absolute Gasteiger partial charge is 0.149 e. The van der Waals surface area contributed by atoms with Crippen LogP contribution in [0.3, 0.4) is 0 Å². The molecule has 0 fully saturated rings. The van der Waals surface area contributed by atoms with Crippen molar-refractivity contribution in [2.24, 2.45) is 0 Å². The average molecular weight is 174 g/mol. The summed E-state index contributed by atoms with van der Waals surface area (Å²) in [6, 6.07) is 5.76. The second-order valence-corrected chi connectivity index (χ2v) is 3.30. The number of rotatable bonds is 1. The molecule has 2 rings (SSSR count). The van der Waals surface area contributed by atoms with Gasteiger partial charge in [0.05, 0.1) is 0 Å². The molecule has 1 aromatic carbocycles. The van der Waals surface area contributed by atoms with E-state index in [4.69, 9.17) is 0 Å². The number of benzene rings is 1. The maximum absolute atomic E-state index is 10.5. The van der Waals surface area contributed by atoms with E-state index in [9.17, 15) is 9.90 Å². The molecule has 1 aliphatic carbocycles. The molecule has 2 nitrogen and oxygen atoms in total. The largest absolute Gasteiger partial charge is 0.384 e. The average Bonchev–Trinajstić information content (AvgIpc) is 2.42. The second kappa shape index (κ2) is 2.82. The predicted molar refractivity (Wildman–Crippen MR) is 50.2 cm³/mol. The van der Waals surface area contributed by atoms with Crippen molar-refractivity contribution in [1.82, 2.24) is 0 Å². The Labute approximate surface area is 76.5 Å². The van der Waals surface area contributed by atoms with Crippen LogP contribution in [0.15, 0.2) is 23.8 Å². The molecule has 0 heterocycles. The number of fused-ring (bicyclic) bond motifs is 1. The summed E-state index contributed by atoms with van der Waals surface area (Å²) < 4.78 is 0. The van der Waals surface area contributed by atoms with Gasteiger partial charge in [0.1, 0.15) is 12.4 Å². The number of aliphatic hydroxyl groups excluding tert-OH is 1. The fraction of sp³-hybridized carbons (Fsp3) is 0.182. The van der Waals surface area contributed by atoms with Crippen LogP contribution >= 0.6 is 0 Å². The van der Waals surface area contributed by atoms with E-state index in [1.807, 2.05) is 25.1 Å². The summed E-state index contributed by atoms with van der Waals surface area (Å²) >= 11 is 0. The number of aliphatic hydroxyl groups is 1. The first kappa shape index (κ1) is 8.20. The zero-order chi connectivity index (χ0) is 9.42. The van der Waals surface area contributed by atoms with Gasteiger partial charge in [-0.05, 0) is 24.1 Å². The van der Waals surface area contributed by atoms with E-state index in [-0.39, 0.29) is 0 Å². The van der Waals surface area contributed by atoms with Crippen molar-refractivity contribution in [3.8, 4) is 0 Å². The fourth-order valence-electron chi connectivity index (χ4n) is 1.60. The monoisotopic (exact) mass is 174 g/mol. The first-order chi connectivity index (χ1) is 6.22. The quantitative estimate of drug-likeness (QED) is 0.657. The Balaban J connectivity index is 2.55. The van der Waals surface area contributed by atoms with E-state index in [0.29, 0.717) is 11.9 Å². The summed E-state index contributed by atoms with van der Waals surface area (Å²) in [7, 11) is 0. The van der Waals surface area contributed by atoms with Crippen molar-refractivity contribution in [2.75, 3.05) is 0 Å². The van der Waals surface area contributed by atoms with Gasteiger partial charge in [-0.2, -0.15) is 0 Å². The van der Waals surface area contributed by atoms with E-state index in [0.717, 1.165) is 16.7 Å². The summed E-state index contributed by atoms with van der Waals surface area (Å²) in [5.41, 5.74) is 3.36. The Morgan fingerprint density at radius 3 is 2.92 bits per heavy atom. The number of hydrogen-bond acceptors (Lipinski definition) is 2. The van der Waals surface area contributed by atoms with Gasteiger partial charge in [-0.15, -0.1) is 0 Å². The van der Waals surface area contributed by atoms with Crippen LogP contribution in [0, 0.1) is 6.92 Å². The molecule has 0 radical (unpaired) electrons. The lowest BCUT2D eigenvalue weighted by atomic mass is 10.1. The van der Waals surface area contributed by atoms with Crippen LogP contribution in [-0.4, -0.2) is 11.4 Å². The van der Waals surface area contributed by atoms with Crippen molar-refractivity contribution in [3.63, 3.8) is 0 Å². The molecule has 0 aromatic heterocycles. The van der Waals surface area contributed by atoms with Crippen LogP contribution in [-0.2, 0) is 4.79 Å². The van der Waals surface area contributed by atoms with Crippen LogP contribution in [0.2, 0.25) is 0 Å². The Morgan fingerprint density at radius 2 is 2.23 bits per heavy atom. The van der Waals surface area contributed by atoms with Crippen molar-refractivity contribution >= 4 is 12.4 Å². The van der Waals surface area contributed by atoms with Gasteiger partial charge in [0.25, 0.3) is 0 Å². The van der Waals surface area contributed by atoms with Gasteiger partial charge in [0, 0.05) is 5.57 Å². The SMILES string of the molecule is Cc1ccc2c(c1)C=C(C=O)C2O. The van der Waals surface area contributed by atoms with Crippen LogP contribution in [0.25, 0.3) is 6.08 Å². The summed E-state index contributed by atoms with van der Waals surface area (Å²) in [5, 5.41) is 9.63. The summed E-state index contributed by atoms with van der Waals surface area (Å²) in [6.07, 6.45) is 1.72. The molecule has 0 bridgehead atoms. The van der Waals surface area contributed by atoms with Crippen LogP contribution in [0.1, 0.15) is 22.8 Å². The summed E-state index contributed by atoms with van der Waals surface area (Å²) in [4.78, 5) is 10.5. The molecule has 1 atom stereocenters. The molecule has 1 N–H and O–H groups in total. The molecule has 66 valence electrons. The van der Waals surface area contributed by atoms with Crippen molar-refractivity contribution in [3.05, 3.63) is 40.5 Å². The fourth-order valence-corrected chi connectivity index (χ4v) is 1.60. The molecule has 1 aliphatic rings. The third-order valence-electron chi connectivity index (χ3n) is 2.31. The molecule has 0 saturated heterocycles. The lowest BCUT2D eigenvalue weighted by Crippen LogP contribution is -1.97. The highest BCUT2D eigenvalue weighted by Crippen LogP contribution is 2.33. The molecule has 1 unspecified atom stereocenters. The van der Waals surface area contributed by atoms with E-state index < -0.39 is 6.10 Å². The normalized spacial score (nSPS) is 19.5. The summed E-state index contributed by atoms with van der Waals surface area (Å²) in [6.45, 7) is 1.99. The molecule has 0 amide bonds. The van der Waals surface area contributed by atoms with E-state index in [2.05, 4.69) is 0 Å². The maximum atomic E-state index is 10.5. The molecule has 0 aliphatic heterocycles. The number of carbonyl (C=O) groups excluding carboxylic acids is 1. The van der Waals surface area contributed by atoms with E-state index in [1.165, 1.54) is 0 Å². The van der Waals surface area contributed by atoms with Gasteiger partial charge >= 0.3 is 0 Å². The summed E-state index contributed by atoms with van der Waals surface area (Å²) in [5.74, 6) is 0. The minimum absolute atomic E-state index is 0.445. The van der Waals surface area contributed by atoms with Crippen molar-refractivity contribution in [2.45, 2.75) is 13.0 Å². The second-order valence-electron chi connectivity index (χ2n) is 3.30. The van der Waals surface area contributed by atoms with Crippen molar-refractivity contribution in [1.29, 1.82) is 0 Å². The minimum Gasteiger partial charge on any atom is -0.384 e. The molecule has 13 heavy (non-hydrogen) atoms. The highest BCUT2D eigenvalue weighted by Gasteiger charge is 2.21. The van der Waals surface area contributed by atoms with Gasteiger partial charge in [0.15, 0.2) is 0 Å². The molecule has 2 heteroatoms. The van der Waals surface area contributed by atoms with E-state index >= 15 is 0 Å². The maximum Gasteiger partial charge on any atom is 0.149 e. The molecule has 0 spiro atoms. The number of aldehydes is 1. The Morgan fingerprint density at radius 1 is 1.46 bits per heavy atom. The third-order valence-corrected chi connectivity index (χ3v) is 2.31. The van der Waals surface area contributed by atoms with Gasteiger partial charge in [-0.25, -0.2) is 0 Å². The number of carbonyl (C=O) groups is 1. The first-order valence-corrected chi connectivity index (χ1v) is 4.18. The van der Waals surface area contributed by atoms with Gasteiger partial charge in [-0.3, -0.25) is 4.79 Å².